The summed E-state index contributed by atoms with van der Waals surface area (Å²) >= 11 is 0. The van der Waals surface area contributed by atoms with E-state index in [1.807, 2.05) is 0 Å². The van der Waals surface area contributed by atoms with Gasteiger partial charge in [-0.2, -0.15) is 0 Å². The van der Waals surface area contributed by atoms with Crippen molar-refractivity contribution in [2.24, 2.45) is 0 Å². The van der Waals surface area contributed by atoms with Gasteiger partial charge in [-0.05, 0) is 27.7 Å². The van der Waals surface area contributed by atoms with Crippen molar-refractivity contribution in [1.82, 2.24) is 3.71 Å². The van der Waals surface area contributed by atoms with Crippen LogP contribution in [0.1, 0.15) is 27.7 Å². The first-order valence-corrected chi connectivity index (χ1v) is 7.65. The number of sulfonamides is 2. The molecule has 0 saturated carbocycles. The minimum Gasteiger partial charge on any atom is -0.211 e. The van der Waals surface area contributed by atoms with E-state index in [1.54, 1.807) is 13.8 Å². The molecule has 86 valence electrons. The Morgan fingerprint density at radius 2 is 1.21 bits per heavy atom. The summed E-state index contributed by atoms with van der Waals surface area (Å²) in [6.07, 6.45) is 0. The average Bonchev–Trinajstić information content (AvgIpc) is 2.02. The Kier molecular flexibility index (Phi) is 4.54. The second-order valence-corrected chi connectivity index (χ2v) is 7.62. The fraction of sp³-hybridized carbons (Fsp3) is 1.00. The molecule has 0 heterocycles. The lowest BCUT2D eigenvalue weighted by Gasteiger charge is -2.23. The SMILES string of the molecule is CCS(=O)(=O)N(C(C)C)S(=O)(=O)CC. The highest BCUT2D eigenvalue weighted by Gasteiger charge is 2.33. The molecular formula is C7H17NO4S2. The molecule has 7 heteroatoms. The monoisotopic (exact) mass is 243 g/mol. The summed E-state index contributed by atoms with van der Waals surface area (Å²) in [6, 6.07) is -0.565. The molecule has 0 aromatic heterocycles. The van der Waals surface area contributed by atoms with Crippen LogP contribution in [0.5, 0.6) is 0 Å². The largest absolute Gasteiger partial charge is 0.227 e. The lowest BCUT2D eigenvalue weighted by molar-refractivity contribution is 0.458. The number of hydrogen-bond donors (Lipinski definition) is 0. The van der Waals surface area contributed by atoms with E-state index in [0.29, 0.717) is 3.71 Å². The second kappa shape index (κ2) is 4.59. The minimum atomic E-state index is -3.68. The van der Waals surface area contributed by atoms with Crippen molar-refractivity contribution < 1.29 is 16.8 Å². The van der Waals surface area contributed by atoms with Gasteiger partial charge < -0.3 is 0 Å². The van der Waals surface area contributed by atoms with Gasteiger partial charge in [0.1, 0.15) is 0 Å². The van der Waals surface area contributed by atoms with Gasteiger partial charge in [0.25, 0.3) is 0 Å². The molecule has 0 N–H and O–H groups in total. The normalized spacial score (nSPS) is 13.9. The highest BCUT2D eigenvalue weighted by molar-refractivity contribution is 8.04. The van der Waals surface area contributed by atoms with E-state index in [2.05, 4.69) is 0 Å². The average molecular weight is 243 g/mol. The minimum absolute atomic E-state index is 0.204. The van der Waals surface area contributed by atoms with Gasteiger partial charge in [-0.1, -0.05) is 3.71 Å². The Morgan fingerprint density at radius 1 is 0.929 bits per heavy atom. The van der Waals surface area contributed by atoms with E-state index in [0.717, 1.165) is 0 Å². The van der Waals surface area contributed by atoms with Crippen molar-refractivity contribution >= 4 is 20.0 Å². The summed E-state index contributed by atoms with van der Waals surface area (Å²) in [6.45, 7) is 5.94. The Bertz CT molecular complexity index is 334. The van der Waals surface area contributed by atoms with Crippen LogP contribution in [0.4, 0.5) is 0 Å². The summed E-state index contributed by atoms with van der Waals surface area (Å²) in [5.74, 6) is -0.408. The molecule has 0 aromatic rings. The van der Waals surface area contributed by atoms with Crippen LogP contribution in [0.15, 0.2) is 0 Å². The zero-order valence-electron chi connectivity index (χ0n) is 8.89. The summed E-state index contributed by atoms with van der Waals surface area (Å²) in [5, 5.41) is 0. The quantitative estimate of drug-likeness (QED) is 0.700. The molecule has 0 aliphatic heterocycles. The summed E-state index contributed by atoms with van der Waals surface area (Å²) < 4.78 is 46.6. The predicted octanol–water partition coefficient (Wildman–Crippen LogP) is 0.396. The molecule has 0 unspecified atom stereocenters. The van der Waals surface area contributed by atoms with Crippen molar-refractivity contribution in [2.45, 2.75) is 33.7 Å². The van der Waals surface area contributed by atoms with Crippen LogP contribution in [0, 0.1) is 0 Å². The third-order valence-electron chi connectivity index (χ3n) is 1.70. The van der Waals surface area contributed by atoms with Crippen LogP contribution in [-0.4, -0.2) is 38.1 Å². The topological polar surface area (TPSA) is 71.5 Å². The molecule has 0 spiro atoms. The Labute approximate surface area is 86.2 Å². The van der Waals surface area contributed by atoms with Crippen molar-refractivity contribution in [1.29, 1.82) is 0 Å². The highest BCUT2D eigenvalue weighted by atomic mass is 32.3. The number of nitrogens with zero attached hydrogens (tertiary/aromatic N) is 1. The molecule has 5 nitrogen and oxygen atoms in total. The lowest BCUT2D eigenvalue weighted by atomic mass is 10.4. The van der Waals surface area contributed by atoms with Gasteiger partial charge in [-0.15, -0.1) is 0 Å². The molecule has 0 atom stereocenters. The van der Waals surface area contributed by atoms with Gasteiger partial charge in [0, 0.05) is 6.04 Å². The molecule has 0 fully saturated rings. The lowest BCUT2D eigenvalue weighted by Crippen LogP contribution is -2.43. The molecule has 0 rings (SSSR count). The van der Waals surface area contributed by atoms with E-state index in [4.69, 9.17) is 0 Å². The number of hydrogen-bond acceptors (Lipinski definition) is 4. The Morgan fingerprint density at radius 3 is 1.36 bits per heavy atom. The maximum Gasteiger partial charge on any atom is 0.227 e. The Hall–Kier alpha value is -0.140. The van der Waals surface area contributed by atoms with Gasteiger partial charge in [0.2, 0.25) is 20.0 Å². The molecule has 0 aliphatic carbocycles. The number of rotatable bonds is 5. The smallest absolute Gasteiger partial charge is 0.211 e. The van der Waals surface area contributed by atoms with E-state index >= 15 is 0 Å². The van der Waals surface area contributed by atoms with Gasteiger partial charge >= 0.3 is 0 Å². The van der Waals surface area contributed by atoms with Crippen LogP contribution in [0.25, 0.3) is 0 Å². The van der Waals surface area contributed by atoms with Crippen molar-refractivity contribution in [3.63, 3.8) is 0 Å². The zero-order valence-corrected chi connectivity index (χ0v) is 10.5. The van der Waals surface area contributed by atoms with E-state index < -0.39 is 26.1 Å². The van der Waals surface area contributed by atoms with Crippen LogP contribution >= 0.6 is 0 Å². The van der Waals surface area contributed by atoms with Gasteiger partial charge in [0.05, 0.1) is 11.5 Å². The third kappa shape index (κ3) is 2.93. The first-order valence-electron chi connectivity index (χ1n) is 4.44. The molecular weight excluding hydrogens is 226 g/mol. The van der Waals surface area contributed by atoms with Crippen LogP contribution in [-0.2, 0) is 20.0 Å². The van der Waals surface area contributed by atoms with Crippen LogP contribution in [0.3, 0.4) is 0 Å². The fourth-order valence-electron chi connectivity index (χ4n) is 1.07. The first kappa shape index (κ1) is 13.9. The predicted molar refractivity (Wildman–Crippen MR) is 55.9 cm³/mol. The molecule has 0 aliphatic rings. The zero-order chi connectivity index (χ0) is 11.6. The van der Waals surface area contributed by atoms with E-state index in [9.17, 15) is 16.8 Å². The van der Waals surface area contributed by atoms with Gasteiger partial charge in [-0.3, -0.25) is 0 Å². The molecule has 0 saturated heterocycles. The van der Waals surface area contributed by atoms with E-state index in [1.165, 1.54) is 13.8 Å². The van der Waals surface area contributed by atoms with Gasteiger partial charge in [0.15, 0.2) is 0 Å². The maximum absolute atomic E-state index is 11.5. The second-order valence-electron chi connectivity index (χ2n) is 3.12. The molecule has 0 radical (unpaired) electrons. The maximum atomic E-state index is 11.5. The summed E-state index contributed by atoms with van der Waals surface area (Å²) in [7, 11) is -7.37. The van der Waals surface area contributed by atoms with Crippen molar-refractivity contribution in [3.05, 3.63) is 0 Å². The van der Waals surface area contributed by atoms with Crippen LogP contribution < -0.4 is 0 Å². The van der Waals surface area contributed by atoms with Crippen molar-refractivity contribution in [2.75, 3.05) is 11.5 Å². The van der Waals surface area contributed by atoms with Crippen LogP contribution in [0.2, 0.25) is 0 Å². The summed E-state index contributed by atoms with van der Waals surface area (Å²) in [5.41, 5.74) is 0. The van der Waals surface area contributed by atoms with Crippen molar-refractivity contribution in [3.8, 4) is 0 Å². The summed E-state index contributed by atoms with van der Waals surface area (Å²) in [4.78, 5) is 0. The highest BCUT2D eigenvalue weighted by Crippen LogP contribution is 2.14. The molecule has 0 bridgehead atoms. The third-order valence-corrected chi connectivity index (χ3v) is 6.46. The first-order chi connectivity index (χ1) is 6.19. The standard InChI is InChI=1S/C7H17NO4S2/c1-5-13(9,10)8(7(3)4)14(11,12)6-2/h7H,5-6H2,1-4H3. The van der Waals surface area contributed by atoms with Gasteiger partial charge in [-0.25, -0.2) is 16.8 Å². The molecule has 0 amide bonds. The van der Waals surface area contributed by atoms with E-state index in [-0.39, 0.29) is 11.5 Å². The molecule has 0 aromatic carbocycles. The fourth-order valence-corrected chi connectivity index (χ4v) is 4.88. The Balaban J connectivity index is 5.42. The molecule has 14 heavy (non-hydrogen) atoms.